The molecule has 0 atom stereocenters. The van der Waals surface area contributed by atoms with Gasteiger partial charge in [0.15, 0.2) is 0 Å². The third-order valence-electron chi connectivity index (χ3n) is 5.50. The summed E-state index contributed by atoms with van der Waals surface area (Å²) < 4.78 is 2.02. The second kappa shape index (κ2) is 6.26. The van der Waals surface area contributed by atoms with Crippen LogP contribution in [-0.2, 0) is 5.41 Å². The highest BCUT2D eigenvalue weighted by Gasteiger charge is 2.48. The summed E-state index contributed by atoms with van der Waals surface area (Å²) in [5.41, 5.74) is 3.11. The summed E-state index contributed by atoms with van der Waals surface area (Å²) in [6, 6.07) is 15.0. The summed E-state index contributed by atoms with van der Waals surface area (Å²) in [6.45, 7) is 0. The Labute approximate surface area is 164 Å². The molecule has 1 aromatic heterocycles. The van der Waals surface area contributed by atoms with Crippen LogP contribution in [0.15, 0.2) is 51.7 Å². The van der Waals surface area contributed by atoms with E-state index in [-0.39, 0.29) is 5.41 Å². The van der Waals surface area contributed by atoms with Gasteiger partial charge in [0.1, 0.15) is 10.1 Å². The van der Waals surface area contributed by atoms with E-state index in [9.17, 15) is 5.26 Å². The van der Waals surface area contributed by atoms with Crippen molar-refractivity contribution < 1.29 is 0 Å². The van der Waals surface area contributed by atoms with Crippen LogP contribution in [0.25, 0.3) is 6.08 Å². The van der Waals surface area contributed by atoms with Gasteiger partial charge in [-0.25, -0.2) is 4.98 Å². The number of allylic oxidation sites excluding steroid dienone is 1. The zero-order valence-electron chi connectivity index (χ0n) is 13.6. The lowest BCUT2D eigenvalue weighted by Gasteiger charge is -2.43. The van der Waals surface area contributed by atoms with Crippen LogP contribution in [0.3, 0.4) is 0 Å². The number of nitriles is 1. The first-order chi connectivity index (χ1) is 12.1. The van der Waals surface area contributed by atoms with Gasteiger partial charge in [-0.1, -0.05) is 40.2 Å². The van der Waals surface area contributed by atoms with Crippen molar-refractivity contribution in [2.75, 3.05) is 5.32 Å². The number of fused-ring (bicyclic) bond motifs is 2. The maximum Gasteiger partial charge on any atom is 0.125 e. The van der Waals surface area contributed by atoms with E-state index >= 15 is 0 Å². The van der Waals surface area contributed by atoms with Crippen molar-refractivity contribution in [2.24, 2.45) is 0 Å². The molecule has 1 heterocycles. The molecule has 0 amide bonds. The fraction of sp³-hybridized carbons (Fsp3) is 0.300. The number of pyridine rings is 1. The molecule has 2 aliphatic carbocycles. The highest BCUT2D eigenvalue weighted by atomic mass is 79.9. The third kappa shape index (κ3) is 2.82. The average Bonchev–Trinajstić information content (AvgIpc) is 2.89. The fourth-order valence-electron chi connectivity index (χ4n) is 4.09. The molecule has 1 spiro atoms. The van der Waals surface area contributed by atoms with E-state index < -0.39 is 5.54 Å². The van der Waals surface area contributed by atoms with Crippen LogP contribution in [-0.4, -0.2) is 10.5 Å². The van der Waals surface area contributed by atoms with Crippen molar-refractivity contribution >= 4 is 43.6 Å². The largest absolute Gasteiger partial charge is 0.367 e. The lowest BCUT2D eigenvalue weighted by atomic mass is 9.65. The van der Waals surface area contributed by atoms with E-state index in [2.05, 4.69) is 78.6 Å². The summed E-state index contributed by atoms with van der Waals surface area (Å²) in [5.74, 6) is 0. The van der Waals surface area contributed by atoms with Crippen molar-refractivity contribution in [3.8, 4) is 6.07 Å². The van der Waals surface area contributed by atoms with Crippen LogP contribution in [0.2, 0.25) is 0 Å². The Bertz CT molecular complexity index is 890. The Hall–Kier alpha value is -1.64. The average molecular weight is 459 g/mol. The van der Waals surface area contributed by atoms with Gasteiger partial charge in [-0.15, -0.1) is 0 Å². The molecule has 0 radical (unpaired) electrons. The molecule has 2 aliphatic rings. The monoisotopic (exact) mass is 457 g/mol. The molecule has 0 bridgehead atoms. The predicted molar refractivity (Wildman–Crippen MR) is 107 cm³/mol. The summed E-state index contributed by atoms with van der Waals surface area (Å²) in [6.07, 6.45) is 7.50. The van der Waals surface area contributed by atoms with Gasteiger partial charge in [-0.2, -0.15) is 5.26 Å². The molecule has 5 heteroatoms. The van der Waals surface area contributed by atoms with E-state index in [1.165, 1.54) is 15.6 Å². The minimum absolute atomic E-state index is 0.0252. The van der Waals surface area contributed by atoms with Crippen LogP contribution in [0.5, 0.6) is 0 Å². The maximum absolute atomic E-state index is 9.90. The lowest BCUT2D eigenvalue weighted by Crippen LogP contribution is -2.45. The van der Waals surface area contributed by atoms with Gasteiger partial charge in [0.05, 0.1) is 6.07 Å². The van der Waals surface area contributed by atoms with Crippen molar-refractivity contribution in [1.82, 2.24) is 4.98 Å². The van der Waals surface area contributed by atoms with Gasteiger partial charge < -0.3 is 5.32 Å². The predicted octanol–water partition coefficient (Wildman–Crippen LogP) is 5.78. The Morgan fingerprint density at radius 1 is 1.08 bits per heavy atom. The number of aromatic nitrogens is 1. The summed E-state index contributed by atoms with van der Waals surface area (Å²) in [4.78, 5) is 4.15. The van der Waals surface area contributed by atoms with E-state index in [0.29, 0.717) is 0 Å². The zero-order valence-corrected chi connectivity index (χ0v) is 16.8. The van der Waals surface area contributed by atoms with E-state index in [0.717, 1.165) is 36.0 Å². The molecule has 1 fully saturated rings. The minimum atomic E-state index is -0.531. The second-order valence-corrected chi connectivity index (χ2v) is 8.51. The molecule has 0 saturated heterocycles. The van der Waals surface area contributed by atoms with Gasteiger partial charge in [-0.05, 0) is 70.9 Å². The topological polar surface area (TPSA) is 48.7 Å². The standard InChI is InChI=1S/C20H17Br2N3/c21-17-11-14-3-1-2-4-16(14)20(17)8-6-19(13-23,7-9-20)25-15-5-10-24-18(22)12-15/h1-5,10-12H,6-9H2,(H,24,25). The van der Waals surface area contributed by atoms with Gasteiger partial charge in [0, 0.05) is 21.8 Å². The highest BCUT2D eigenvalue weighted by Crippen LogP contribution is 2.55. The zero-order chi connectivity index (χ0) is 17.5. The first kappa shape index (κ1) is 16.8. The van der Waals surface area contributed by atoms with E-state index in [4.69, 9.17) is 0 Å². The Balaban J connectivity index is 1.60. The molecule has 2 aromatic rings. The first-order valence-electron chi connectivity index (χ1n) is 8.35. The smallest absolute Gasteiger partial charge is 0.125 e. The van der Waals surface area contributed by atoms with E-state index in [1.54, 1.807) is 6.20 Å². The molecule has 4 rings (SSSR count). The summed E-state index contributed by atoms with van der Waals surface area (Å²) >= 11 is 7.21. The van der Waals surface area contributed by atoms with Gasteiger partial charge in [0.25, 0.3) is 0 Å². The van der Waals surface area contributed by atoms with Gasteiger partial charge >= 0.3 is 0 Å². The van der Waals surface area contributed by atoms with Crippen LogP contribution in [0.4, 0.5) is 5.69 Å². The fourth-order valence-corrected chi connectivity index (χ4v) is 5.32. The SMILES string of the molecule is N#CC1(Nc2ccnc(Br)c2)CCC2(CC1)C(Br)=Cc1ccccc12. The highest BCUT2D eigenvalue weighted by molar-refractivity contribution is 9.12. The lowest BCUT2D eigenvalue weighted by molar-refractivity contribution is 0.295. The quantitative estimate of drug-likeness (QED) is 0.580. The van der Waals surface area contributed by atoms with Gasteiger partial charge in [0.2, 0.25) is 0 Å². The number of rotatable bonds is 2. The number of nitrogens with one attached hydrogen (secondary N) is 1. The van der Waals surface area contributed by atoms with Crippen molar-refractivity contribution in [3.05, 3.63) is 62.8 Å². The number of hydrogen-bond acceptors (Lipinski definition) is 3. The third-order valence-corrected chi connectivity index (χ3v) is 6.92. The number of benzene rings is 1. The second-order valence-electron chi connectivity index (χ2n) is 6.85. The van der Waals surface area contributed by atoms with Crippen molar-refractivity contribution in [3.63, 3.8) is 0 Å². The van der Waals surface area contributed by atoms with E-state index in [1.807, 2.05) is 12.1 Å². The van der Waals surface area contributed by atoms with Crippen molar-refractivity contribution in [2.45, 2.75) is 36.6 Å². The molecule has 1 N–H and O–H groups in total. The van der Waals surface area contributed by atoms with Crippen LogP contribution >= 0.6 is 31.9 Å². The molecule has 3 nitrogen and oxygen atoms in total. The summed E-state index contributed by atoms with van der Waals surface area (Å²) in [5, 5.41) is 13.4. The molecular formula is C20H17Br2N3. The Kier molecular flexibility index (Phi) is 4.21. The van der Waals surface area contributed by atoms with Crippen molar-refractivity contribution in [1.29, 1.82) is 5.26 Å². The van der Waals surface area contributed by atoms with Gasteiger partial charge in [-0.3, -0.25) is 0 Å². The molecule has 0 unspecified atom stereocenters. The molecule has 1 aromatic carbocycles. The van der Waals surface area contributed by atoms with Crippen LogP contribution in [0, 0.1) is 11.3 Å². The molecule has 126 valence electrons. The van der Waals surface area contributed by atoms with Crippen LogP contribution < -0.4 is 5.32 Å². The summed E-state index contributed by atoms with van der Waals surface area (Å²) in [7, 11) is 0. The normalized spacial score (nSPS) is 27.5. The number of hydrogen-bond donors (Lipinski definition) is 1. The maximum atomic E-state index is 9.90. The molecule has 25 heavy (non-hydrogen) atoms. The number of halogens is 2. The number of anilines is 1. The first-order valence-corrected chi connectivity index (χ1v) is 9.94. The Morgan fingerprint density at radius 3 is 2.56 bits per heavy atom. The Morgan fingerprint density at radius 2 is 1.84 bits per heavy atom. The molecule has 0 aliphatic heterocycles. The molecular weight excluding hydrogens is 442 g/mol. The number of nitrogens with zero attached hydrogens (tertiary/aromatic N) is 2. The minimum Gasteiger partial charge on any atom is -0.367 e. The molecule has 1 saturated carbocycles. The van der Waals surface area contributed by atoms with Crippen LogP contribution in [0.1, 0.15) is 36.8 Å².